The quantitative estimate of drug-likeness (QED) is 0.138. The number of benzene rings is 2. The number of para-hydroxylation sites is 1. The third-order valence-corrected chi connectivity index (χ3v) is 5.69. The van der Waals surface area contributed by atoms with Gasteiger partial charge in [-0.2, -0.15) is 0 Å². The molecule has 0 saturated carbocycles. The van der Waals surface area contributed by atoms with Crippen molar-refractivity contribution in [3.05, 3.63) is 65.7 Å². The third-order valence-electron chi connectivity index (χ3n) is 5.69. The number of rotatable bonds is 15. The van der Waals surface area contributed by atoms with Crippen LogP contribution in [0.15, 0.2) is 54.6 Å². The molecular weight excluding hydrogens is 380 g/mol. The number of nitrogens with one attached hydrogen (secondary N) is 1. The number of hydrogen-bond acceptors (Lipinski definition) is 2. The van der Waals surface area contributed by atoms with Crippen LogP contribution in [-0.4, -0.2) is 12.5 Å². The van der Waals surface area contributed by atoms with E-state index < -0.39 is 0 Å². The van der Waals surface area contributed by atoms with Gasteiger partial charge in [-0.15, -0.1) is 0 Å². The maximum Gasteiger partial charge on any atom is 0.251 e. The van der Waals surface area contributed by atoms with Crippen molar-refractivity contribution >= 4 is 23.2 Å². The number of carbonyl (C=O) groups is 1. The number of unbranched alkanes of at least 4 members (excludes halogenated alkanes) is 10. The van der Waals surface area contributed by atoms with Crippen LogP contribution in [0.25, 0.3) is 11.6 Å². The first-order valence-corrected chi connectivity index (χ1v) is 12.1. The first kappa shape index (κ1) is 24.7. The summed E-state index contributed by atoms with van der Waals surface area (Å²) >= 11 is 0. The molecule has 0 fully saturated rings. The molecule has 0 atom stereocenters. The van der Waals surface area contributed by atoms with Gasteiger partial charge in [0.05, 0.1) is 0 Å². The summed E-state index contributed by atoms with van der Waals surface area (Å²) in [7, 11) is 0. The number of nitrogens with two attached hydrogens (primary N) is 1. The van der Waals surface area contributed by atoms with Crippen LogP contribution in [0, 0.1) is 0 Å². The maximum absolute atomic E-state index is 12.9. The zero-order chi connectivity index (χ0) is 22.2. The van der Waals surface area contributed by atoms with E-state index in [2.05, 4.69) is 12.2 Å². The molecule has 0 heterocycles. The van der Waals surface area contributed by atoms with E-state index in [1.165, 1.54) is 64.2 Å². The van der Waals surface area contributed by atoms with Crippen molar-refractivity contribution in [3.8, 4) is 0 Å². The van der Waals surface area contributed by atoms with Gasteiger partial charge in [-0.25, -0.2) is 0 Å². The minimum Gasteiger partial charge on any atom is -0.398 e. The van der Waals surface area contributed by atoms with E-state index in [1.807, 2.05) is 60.7 Å². The predicted molar refractivity (Wildman–Crippen MR) is 135 cm³/mol. The number of carbonyl (C=O) groups excluding carboxylic acids is 1. The highest BCUT2D eigenvalue weighted by atomic mass is 16.1. The van der Waals surface area contributed by atoms with Crippen molar-refractivity contribution in [3.63, 3.8) is 0 Å². The number of nitrogen functional groups attached to an aromatic ring is 1. The van der Waals surface area contributed by atoms with E-state index in [0.29, 0.717) is 17.8 Å². The highest BCUT2D eigenvalue weighted by molar-refractivity contribution is 6.24. The van der Waals surface area contributed by atoms with Crippen LogP contribution < -0.4 is 11.1 Å². The molecule has 3 heteroatoms. The normalized spacial score (nSPS) is 11.5. The standard InChI is InChI=1S/C28H40N2O/c1-2-3-4-5-6-7-8-9-10-11-17-22-30-28(31)26(24-18-13-12-14-19-24)23-25-20-15-16-21-27(25)29/h12-16,18-21,23H,2-11,17,22,29H2,1H3,(H,30,31). The molecular formula is C28H40N2O. The van der Waals surface area contributed by atoms with Gasteiger partial charge in [0.15, 0.2) is 0 Å². The van der Waals surface area contributed by atoms with Gasteiger partial charge < -0.3 is 11.1 Å². The van der Waals surface area contributed by atoms with E-state index in [4.69, 9.17) is 5.73 Å². The summed E-state index contributed by atoms with van der Waals surface area (Å²) in [4.78, 5) is 12.9. The van der Waals surface area contributed by atoms with E-state index in [1.54, 1.807) is 0 Å². The molecule has 2 aromatic rings. The largest absolute Gasteiger partial charge is 0.398 e. The lowest BCUT2D eigenvalue weighted by Crippen LogP contribution is -2.25. The minimum atomic E-state index is -0.0402. The second-order valence-electron chi connectivity index (χ2n) is 8.34. The zero-order valence-corrected chi connectivity index (χ0v) is 19.2. The van der Waals surface area contributed by atoms with Gasteiger partial charge in [0, 0.05) is 17.8 Å². The van der Waals surface area contributed by atoms with Crippen LogP contribution in [0.3, 0.4) is 0 Å². The number of hydrogen-bond donors (Lipinski definition) is 2. The molecule has 0 aliphatic rings. The Bertz CT molecular complexity index is 783. The molecule has 0 unspecified atom stereocenters. The molecule has 0 aromatic heterocycles. The summed E-state index contributed by atoms with van der Waals surface area (Å²) < 4.78 is 0. The van der Waals surface area contributed by atoms with Gasteiger partial charge in [-0.1, -0.05) is 120 Å². The fourth-order valence-corrected chi connectivity index (χ4v) is 3.78. The molecule has 31 heavy (non-hydrogen) atoms. The minimum absolute atomic E-state index is 0.0402. The number of amides is 1. The summed E-state index contributed by atoms with van der Waals surface area (Å²) in [5.74, 6) is -0.0402. The average molecular weight is 421 g/mol. The Hall–Kier alpha value is -2.55. The lowest BCUT2D eigenvalue weighted by atomic mass is 10.0. The summed E-state index contributed by atoms with van der Waals surface area (Å²) in [6, 6.07) is 17.4. The molecule has 168 valence electrons. The van der Waals surface area contributed by atoms with Crippen LogP contribution in [0.2, 0.25) is 0 Å². The zero-order valence-electron chi connectivity index (χ0n) is 19.2. The van der Waals surface area contributed by atoms with Gasteiger partial charge >= 0.3 is 0 Å². The molecule has 0 radical (unpaired) electrons. The topological polar surface area (TPSA) is 55.1 Å². The Balaban J connectivity index is 1.74. The second-order valence-corrected chi connectivity index (χ2v) is 8.34. The Morgan fingerprint density at radius 2 is 1.32 bits per heavy atom. The van der Waals surface area contributed by atoms with Gasteiger partial charge in [0.1, 0.15) is 0 Å². The Morgan fingerprint density at radius 1 is 0.774 bits per heavy atom. The van der Waals surface area contributed by atoms with E-state index >= 15 is 0 Å². The molecule has 1 amide bonds. The molecule has 0 bridgehead atoms. The lowest BCUT2D eigenvalue weighted by Gasteiger charge is -2.11. The molecule has 0 aliphatic carbocycles. The van der Waals surface area contributed by atoms with E-state index in [0.717, 1.165) is 17.5 Å². The van der Waals surface area contributed by atoms with Crippen molar-refractivity contribution in [1.82, 2.24) is 5.32 Å². The molecule has 3 N–H and O–H groups in total. The first-order valence-electron chi connectivity index (χ1n) is 12.1. The van der Waals surface area contributed by atoms with Gasteiger partial charge in [0.2, 0.25) is 0 Å². The second kappa shape index (κ2) is 15.3. The molecule has 0 saturated heterocycles. The highest BCUT2D eigenvalue weighted by Crippen LogP contribution is 2.22. The molecule has 2 aromatic carbocycles. The average Bonchev–Trinajstić information content (AvgIpc) is 2.79. The molecule has 2 rings (SSSR count). The molecule has 0 aliphatic heterocycles. The van der Waals surface area contributed by atoms with Crippen molar-refractivity contribution in [2.75, 3.05) is 12.3 Å². The summed E-state index contributed by atoms with van der Waals surface area (Å²) in [6.45, 7) is 2.98. The Labute approximate surface area is 189 Å². The van der Waals surface area contributed by atoms with Crippen molar-refractivity contribution in [2.24, 2.45) is 0 Å². The smallest absolute Gasteiger partial charge is 0.251 e. The van der Waals surface area contributed by atoms with Gasteiger partial charge in [-0.05, 0) is 29.7 Å². The number of anilines is 1. The van der Waals surface area contributed by atoms with Crippen LogP contribution in [0.5, 0.6) is 0 Å². The fourth-order valence-electron chi connectivity index (χ4n) is 3.78. The monoisotopic (exact) mass is 420 g/mol. The van der Waals surface area contributed by atoms with Crippen molar-refractivity contribution < 1.29 is 4.79 Å². The van der Waals surface area contributed by atoms with E-state index in [9.17, 15) is 4.79 Å². The maximum atomic E-state index is 12.9. The third kappa shape index (κ3) is 9.87. The highest BCUT2D eigenvalue weighted by Gasteiger charge is 2.12. The molecule has 0 spiro atoms. The summed E-state index contributed by atoms with van der Waals surface area (Å²) in [5, 5.41) is 3.10. The fraction of sp³-hybridized carbons (Fsp3) is 0.464. The lowest BCUT2D eigenvalue weighted by molar-refractivity contribution is -0.115. The first-order chi connectivity index (χ1) is 15.2. The van der Waals surface area contributed by atoms with Gasteiger partial charge in [-0.3, -0.25) is 4.79 Å². The molecule has 3 nitrogen and oxygen atoms in total. The Kier molecular flexibility index (Phi) is 12.2. The van der Waals surface area contributed by atoms with E-state index in [-0.39, 0.29) is 5.91 Å². The Morgan fingerprint density at radius 3 is 1.94 bits per heavy atom. The summed E-state index contributed by atoms with van der Waals surface area (Å²) in [6.07, 6.45) is 16.2. The predicted octanol–water partition coefficient (Wildman–Crippen LogP) is 7.24. The van der Waals surface area contributed by atoms with Crippen LogP contribution in [0.4, 0.5) is 5.69 Å². The van der Waals surface area contributed by atoms with Gasteiger partial charge in [0.25, 0.3) is 5.91 Å². The van der Waals surface area contributed by atoms with Crippen LogP contribution in [-0.2, 0) is 4.79 Å². The van der Waals surface area contributed by atoms with Crippen molar-refractivity contribution in [1.29, 1.82) is 0 Å². The SMILES string of the molecule is CCCCCCCCCCCCCNC(=O)C(=Cc1ccccc1N)c1ccccc1. The van der Waals surface area contributed by atoms with Crippen LogP contribution in [0.1, 0.15) is 88.7 Å². The summed E-state index contributed by atoms with van der Waals surface area (Å²) in [5.41, 5.74) is 9.19. The van der Waals surface area contributed by atoms with Crippen molar-refractivity contribution in [2.45, 2.75) is 77.6 Å². The van der Waals surface area contributed by atoms with Crippen LogP contribution >= 0.6 is 0 Å².